The normalized spacial score (nSPS) is 11.7. The highest BCUT2D eigenvalue weighted by molar-refractivity contribution is 7.98. The zero-order valence-electron chi connectivity index (χ0n) is 21.4. The molecule has 0 saturated carbocycles. The van der Waals surface area contributed by atoms with Gasteiger partial charge in [0.1, 0.15) is 23.2 Å². The maximum absolute atomic E-state index is 13.1. The van der Waals surface area contributed by atoms with Gasteiger partial charge in [0.05, 0.1) is 0 Å². The molecule has 39 heavy (non-hydrogen) atoms. The molecule has 1 atom stereocenters. The number of benzene rings is 3. The van der Waals surface area contributed by atoms with Crippen LogP contribution in [0.15, 0.2) is 108 Å². The van der Waals surface area contributed by atoms with Crippen LogP contribution in [0.3, 0.4) is 0 Å². The summed E-state index contributed by atoms with van der Waals surface area (Å²) in [6.07, 6.45) is 4.02. The van der Waals surface area contributed by atoms with Gasteiger partial charge in [0.15, 0.2) is 0 Å². The first-order chi connectivity index (χ1) is 19.0. The van der Waals surface area contributed by atoms with Crippen LogP contribution in [0.5, 0.6) is 0 Å². The van der Waals surface area contributed by atoms with E-state index in [4.69, 9.17) is 4.98 Å². The van der Waals surface area contributed by atoms with Gasteiger partial charge in [-0.05, 0) is 41.6 Å². The lowest BCUT2D eigenvalue weighted by molar-refractivity contribution is -0.139. The molecule has 2 heterocycles. The largest absolute Gasteiger partial charge is 0.480 e. The van der Waals surface area contributed by atoms with Crippen LogP contribution in [-0.4, -0.2) is 38.7 Å². The van der Waals surface area contributed by atoms with Gasteiger partial charge in [-0.3, -0.25) is 9.20 Å². The molecule has 0 aliphatic heterocycles. The van der Waals surface area contributed by atoms with Crippen molar-refractivity contribution in [2.45, 2.75) is 23.9 Å². The second-order valence-electron chi connectivity index (χ2n) is 9.07. The zero-order valence-corrected chi connectivity index (χ0v) is 22.2. The number of amides is 1. The van der Waals surface area contributed by atoms with Crippen LogP contribution in [0.2, 0.25) is 0 Å². The van der Waals surface area contributed by atoms with Gasteiger partial charge in [0.25, 0.3) is 5.91 Å². The second-order valence-corrected chi connectivity index (χ2v) is 9.95. The Labute approximate surface area is 230 Å². The first-order valence-corrected chi connectivity index (χ1v) is 13.8. The van der Waals surface area contributed by atoms with E-state index in [-0.39, 0.29) is 6.42 Å². The summed E-state index contributed by atoms with van der Waals surface area (Å²) in [6.45, 7) is 0.604. The van der Waals surface area contributed by atoms with Crippen molar-refractivity contribution in [1.29, 1.82) is 0 Å². The van der Waals surface area contributed by atoms with Crippen molar-refractivity contribution in [2.24, 2.45) is 0 Å². The summed E-state index contributed by atoms with van der Waals surface area (Å²) in [5, 5.41) is 15.9. The second kappa shape index (κ2) is 11.9. The SMILES string of the molecule is CSc1ccc(-c2nc3cc(C(=O)NC(Cc4ccccc4)C(=O)O)ccn3c2NCc2ccccc2)cc1. The molecular formula is C31H28N4O3S. The number of carboxylic acids is 1. The first-order valence-electron chi connectivity index (χ1n) is 12.5. The number of thioether (sulfide) groups is 1. The van der Waals surface area contributed by atoms with Crippen LogP contribution < -0.4 is 10.6 Å². The number of nitrogens with zero attached hydrogens (tertiary/aromatic N) is 2. The number of carbonyl (C=O) groups is 2. The molecule has 1 unspecified atom stereocenters. The van der Waals surface area contributed by atoms with E-state index >= 15 is 0 Å². The summed E-state index contributed by atoms with van der Waals surface area (Å²) in [7, 11) is 0. The minimum atomic E-state index is -1.09. The third-order valence-electron chi connectivity index (χ3n) is 6.44. The number of aromatic nitrogens is 2. The van der Waals surface area contributed by atoms with Crippen LogP contribution in [-0.2, 0) is 17.8 Å². The van der Waals surface area contributed by atoms with Crippen molar-refractivity contribution in [1.82, 2.24) is 14.7 Å². The van der Waals surface area contributed by atoms with Crippen molar-refractivity contribution < 1.29 is 14.7 Å². The topological polar surface area (TPSA) is 95.7 Å². The molecule has 0 fully saturated rings. The van der Waals surface area contributed by atoms with Gasteiger partial charge in [0, 0.05) is 35.2 Å². The Kier molecular flexibility index (Phi) is 7.94. The van der Waals surface area contributed by atoms with E-state index in [1.807, 2.05) is 71.3 Å². The van der Waals surface area contributed by atoms with E-state index in [9.17, 15) is 14.7 Å². The fourth-order valence-electron chi connectivity index (χ4n) is 4.38. The molecule has 2 aromatic heterocycles. The van der Waals surface area contributed by atoms with Gasteiger partial charge in [-0.15, -0.1) is 11.8 Å². The molecule has 5 rings (SSSR count). The number of fused-ring (bicyclic) bond motifs is 1. The van der Waals surface area contributed by atoms with E-state index in [0.29, 0.717) is 17.8 Å². The Morgan fingerprint density at radius 2 is 1.59 bits per heavy atom. The van der Waals surface area contributed by atoms with Gasteiger partial charge in [-0.2, -0.15) is 0 Å². The number of rotatable bonds is 10. The lowest BCUT2D eigenvalue weighted by atomic mass is 10.1. The number of hydrogen-bond donors (Lipinski definition) is 3. The van der Waals surface area contributed by atoms with E-state index in [1.54, 1.807) is 30.1 Å². The molecule has 0 spiro atoms. The Balaban J connectivity index is 1.45. The molecule has 8 heteroatoms. The summed E-state index contributed by atoms with van der Waals surface area (Å²) < 4.78 is 1.91. The molecule has 0 aliphatic carbocycles. The molecule has 196 valence electrons. The van der Waals surface area contributed by atoms with Crippen molar-refractivity contribution >= 4 is 35.1 Å². The quantitative estimate of drug-likeness (QED) is 0.196. The molecular weight excluding hydrogens is 508 g/mol. The monoisotopic (exact) mass is 536 g/mol. The fraction of sp³-hybridized carbons (Fsp3) is 0.129. The molecule has 3 N–H and O–H groups in total. The maximum Gasteiger partial charge on any atom is 0.326 e. The predicted molar refractivity (Wildman–Crippen MR) is 155 cm³/mol. The Morgan fingerprint density at radius 3 is 2.23 bits per heavy atom. The minimum Gasteiger partial charge on any atom is -0.480 e. The molecule has 7 nitrogen and oxygen atoms in total. The zero-order chi connectivity index (χ0) is 27.2. The number of carboxylic acid groups (broad SMARTS) is 1. The fourth-order valence-corrected chi connectivity index (χ4v) is 4.79. The van der Waals surface area contributed by atoms with Gasteiger partial charge in [-0.1, -0.05) is 72.8 Å². The lowest BCUT2D eigenvalue weighted by Crippen LogP contribution is -2.42. The Morgan fingerprint density at radius 1 is 0.923 bits per heavy atom. The summed E-state index contributed by atoms with van der Waals surface area (Å²) in [4.78, 5) is 31.0. The number of carbonyl (C=O) groups excluding carboxylic acids is 1. The highest BCUT2D eigenvalue weighted by Gasteiger charge is 2.22. The van der Waals surface area contributed by atoms with Crippen LogP contribution in [0, 0.1) is 0 Å². The van der Waals surface area contributed by atoms with Gasteiger partial charge < -0.3 is 15.7 Å². The summed E-state index contributed by atoms with van der Waals surface area (Å²) in [5.74, 6) is -0.740. The standard InChI is InChI=1S/C31H28N4O3S/c1-39-25-14-12-23(13-15-25)28-29(32-20-22-10-6-3-7-11-22)35-17-16-24(19-27(35)34-28)30(36)33-26(31(37)38)18-21-8-4-2-5-9-21/h2-17,19,26,32H,18,20H2,1H3,(H,33,36)(H,37,38). The average molecular weight is 537 g/mol. The molecule has 3 aromatic carbocycles. The summed E-state index contributed by atoms with van der Waals surface area (Å²) >= 11 is 1.67. The summed E-state index contributed by atoms with van der Waals surface area (Å²) in [6, 6.07) is 29.8. The molecule has 5 aromatic rings. The third-order valence-corrected chi connectivity index (χ3v) is 7.18. The number of imidazole rings is 1. The van der Waals surface area contributed by atoms with Crippen molar-refractivity contribution in [3.63, 3.8) is 0 Å². The van der Waals surface area contributed by atoms with Crippen LogP contribution in [0.25, 0.3) is 16.9 Å². The lowest BCUT2D eigenvalue weighted by Gasteiger charge is -2.15. The van der Waals surface area contributed by atoms with Crippen molar-refractivity contribution in [3.8, 4) is 11.3 Å². The number of nitrogens with one attached hydrogen (secondary N) is 2. The van der Waals surface area contributed by atoms with E-state index in [1.165, 1.54) is 0 Å². The Hall–Kier alpha value is -4.56. The molecule has 0 bridgehead atoms. The first kappa shape index (κ1) is 26.1. The number of anilines is 1. The highest BCUT2D eigenvalue weighted by atomic mass is 32.2. The van der Waals surface area contributed by atoms with Crippen LogP contribution in [0.1, 0.15) is 21.5 Å². The van der Waals surface area contributed by atoms with E-state index < -0.39 is 17.9 Å². The molecule has 1 amide bonds. The predicted octanol–water partition coefficient (Wildman–Crippen LogP) is 5.76. The van der Waals surface area contributed by atoms with Crippen LogP contribution in [0.4, 0.5) is 5.82 Å². The molecule has 0 aliphatic rings. The number of aliphatic carboxylic acids is 1. The maximum atomic E-state index is 13.1. The van der Waals surface area contributed by atoms with Gasteiger partial charge in [0.2, 0.25) is 0 Å². The molecule has 0 radical (unpaired) electrons. The highest BCUT2D eigenvalue weighted by Crippen LogP contribution is 2.31. The van der Waals surface area contributed by atoms with Crippen molar-refractivity contribution in [2.75, 3.05) is 11.6 Å². The van der Waals surface area contributed by atoms with E-state index in [0.717, 1.165) is 33.1 Å². The minimum absolute atomic E-state index is 0.192. The smallest absolute Gasteiger partial charge is 0.326 e. The van der Waals surface area contributed by atoms with Crippen molar-refractivity contribution in [3.05, 3.63) is 120 Å². The van der Waals surface area contributed by atoms with E-state index in [2.05, 4.69) is 34.9 Å². The average Bonchev–Trinajstić information content (AvgIpc) is 3.34. The summed E-state index contributed by atoms with van der Waals surface area (Å²) in [5.41, 5.74) is 4.60. The van der Waals surface area contributed by atoms with Gasteiger partial charge in [-0.25, -0.2) is 9.78 Å². The molecule has 0 saturated heterocycles. The number of pyridine rings is 1. The number of hydrogen-bond acceptors (Lipinski definition) is 5. The third kappa shape index (κ3) is 6.13. The van der Waals surface area contributed by atoms with Gasteiger partial charge >= 0.3 is 5.97 Å². The Bertz CT molecular complexity index is 1590. The van der Waals surface area contributed by atoms with Crippen LogP contribution >= 0.6 is 11.8 Å².